The molecule has 25 heavy (non-hydrogen) atoms. The van der Waals surface area contributed by atoms with Crippen molar-refractivity contribution in [2.45, 2.75) is 25.7 Å². The van der Waals surface area contributed by atoms with Gasteiger partial charge in [0.05, 0.1) is 13.1 Å². The second-order valence-corrected chi connectivity index (χ2v) is 7.09. The van der Waals surface area contributed by atoms with Crippen LogP contribution in [0.2, 0.25) is 0 Å². The molecule has 5 nitrogen and oxygen atoms in total. The first-order chi connectivity index (χ1) is 12.1. The number of benzene rings is 1. The summed E-state index contributed by atoms with van der Waals surface area (Å²) in [5, 5.41) is 2.74. The fourth-order valence-electron chi connectivity index (χ4n) is 3.69. The van der Waals surface area contributed by atoms with Crippen LogP contribution < -0.4 is 5.32 Å². The summed E-state index contributed by atoms with van der Waals surface area (Å²) in [6.07, 6.45) is 4.06. The van der Waals surface area contributed by atoms with Gasteiger partial charge in [0.1, 0.15) is 5.82 Å². The maximum absolute atomic E-state index is 13.0. The molecule has 0 radical (unpaired) electrons. The lowest BCUT2D eigenvalue weighted by molar-refractivity contribution is -0.132. The number of nitrogens with one attached hydrogen (secondary N) is 1. The Labute approximate surface area is 148 Å². The Morgan fingerprint density at radius 2 is 1.84 bits per heavy atom. The number of hydrogen-bond acceptors (Lipinski definition) is 3. The average molecular weight is 347 g/mol. The highest BCUT2D eigenvalue weighted by molar-refractivity contribution is 5.85. The molecule has 0 bridgehead atoms. The van der Waals surface area contributed by atoms with Crippen LogP contribution in [-0.2, 0) is 16.0 Å². The van der Waals surface area contributed by atoms with Gasteiger partial charge in [-0.3, -0.25) is 14.5 Å². The Morgan fingerprint density at radius 3 is 2.56 bits per heavy atom. The third-order valence-corrected chi connectivity index (χ3v) is 5.07. The molecule has 136 valence electrons. The van der Waals surface area contributed by atoms with E-state index in [1.54, 1.807) is 0 Å². The quantitative estimate of drug-likeness (QED) is 0.847. The molecule has 0 spiro atoms. The van der Waals surface area contributed by atoms with Gasteiger partial charge < -0.3 is 10.2 Å². The van der Waals surface area contributed by atoms with Gasteiger partial charge in [-0.25, -0.2) is 4.39 Å². The van der Waals surface area contributed by atoms with Gasteiger partial charge in [-0.2, -0.15) is 0 Å². The van der Waals surface area contributed by atoms with Crippen LogP contribution in [0.1, 0.15) is 24.8 Å². The Bertz CT molecular complexity index is 599. The van der Waals surface area contributed by atoms with E-state index in [0.717, 1.165) is 57.4 Å². The van der Waals surface area contributed by atoms with E-state index in [1.807, 2.05) is 17.0 Å². The fourth-order valence-corrected chi connectivity index (χ4v) is 3.69. The van der Waals surface area contributed by atoms with E-state index in [-0.39, 0.29) is 24.2 Å². The second-order valence-electron chi connectivity index (χ2n) is 7.09. The molecule has 2 heterocycles. The fraction of sp³-hybridized carbons (Fsp3) is 0.579. The minimum atomic E-state index is -0.211. The van der Waals surface area contributed by atoms with Gasteiger partial charge in [-0.1, -0.05) is 12.1 Å². The van der Waals surface area contributed by atoms with Crippen molar-refractivity contribution in [2.75, 3.05) is 39.3 Å². The summed E-state index contributed by atoms with van der Waals surface area (Å²) in [5.41, 5.74) is 1.13. The molecule has 1 aromatic carbocycles. The monoisotopic (exact) mass is 347 g/mol. The van der Waals surface area contributed by atoms with Crippen LogP contribution in [0, 0.1) is 11.7 Å². The number of halogens is 1. The molecule has 0 saturated carbocycles. The van der Waals surface area contributed by atoms with E-state index in [1.165, 1.54) is 12.1 Å². The predicted octanol–water partition coefficient (Wildman–Crippen LogP) is 1.43. The standard InChI is InChI=1S/C19H26FN3O2/c20-17-5-3-15(4-6-17)11-16-7-10-22(13-16)14-18(24)21-12-19(25)23-8-1-2-9-23/h3-6,16H,1-2,7-14H2,(H,21,24). The normalized spacial score (nSPS) is 20.8. The van der Waals surface area contributed by atoms with Crippen LogP contribution in [0.15, 0.2) is 24.3 Å². The van der Waals surface area contributed by atoms with Gasteiger partial charge in [-0.15, -0.1) is 0 Å². The number of likely N-dealkylation sites (tertiary alicyclic amines) is 2. The van der Waals surface area contributed by atoms with Crippen molar-refractivity contribution in [1.29, 1.82) is 0 Å². The van der Waals surface area contributed by atoms with Crippen molar-refractivity contribution in [3.05, 3.63) is 35.6 Å². The van der Waals surface area contributed by atoms with Crippen molar-refractivity contribution >= 4 is 11.8 Å². The maximum Gasteiger partial charge on any atom is 0.241 e. The minimum Gasteiger partial charge on any atom is -0.346 e. The molecule has 2 aliphatic heterocycles. The third kappa shape index (κ3) is 5.26. The van der Waals surface area contributed by atoms with Crippen LogP contribution >= 0.6 is 0 Å². The molecule has 0 aliphatic carbocycles. The zero-order chi connectivity index (χ0) is 17.6. The number of nitrogens with zero attached hydrogens (tertiary/aromatic N) is 2. The smallest absolute Gasteiger partial charge is 0.241 e. The summed E-state index contributed by atoms with van der Waals surface area (Å²) in [7, 11) is 0. The van der Waals surface area contributed by atoms with Crippen LogP contribution in [0.3, 0.4) is 0 Å². The maximum atomic E-state index is 13.0. The third-order valence-electron chi connectivity index (χ3n) is 5.07. The van der Waals surface area contributed by atoms with E-state index < -0.39 is 0 Å². The zero-order valence-electron chi connectivity index (χ0n) is 14.5. The van der Waals surface area contributed by atoms with E-state index in [0.29, 0.717) is 12.5 Å². The molecule has 2 amide bonds. The summed E-state index contributed by atoms with van der Waals surface area (Å²) >= 11 is 0. The van der Waals surface area contributed by atoms with E-state index in [9.17, 15) is 14.0 Å². The minimum absolute atomic E-state index is 0.0152. The molecular weight excluding hydrogens is 321 g/mol. The van der Waals surface area contributed by atoms with Gasteiger partial charge in [0, 0.05) is 19.6 Å². The van der Waals surface area contributed by atoms with Crippen molar-refractivity contribution in [1.82, 2.24) is 15.1 Å². The zero-order valence-corrected chi connectivity index (χ0v) is 14.5. The molecule has 2 aliphatic rings. The predicted molar refractivity (Wildman–Crippen MR) is 93.5 cm³/mol. The molecule has 1 atom stereocenters. The largest absolute Gasteiger partial charge is 0.346 e. The number of amides is 2. The van der Waals surface area contributed by atoms with Crippen LogP contribution in [0.5, 0.6) is 0 Å². The number of carbonyl (C=O) groups excluding carboxylic acids is 2. The summed E-state index contributed by atoms with van der Waals surface area (Å²) in [6.45, 7) is 3.82. The Hall–Kier alpha value is -1.95. The first-order valence-corrected chi connectivity index (χ1v) is 9.11. The Morgan fingerprint density at radius 1 is 1.12 bits per heavy atom. The highest BCUT2D eigenvalue weighted by Gasteiger charge is 2.25. The van der Waals surface area contributed by atoms with Gasteiger partial charge >= 0.3 is 0 Å². The van der Waals surface area contributed by atoms with Crippen LogP contribution in [-0.4, -0.2) is 60.9 Å². The number of rotatable bonds is 6. The molecule has 1 N–H and O–H groups in total. The molecule has 2 fully saturated rings. The molecular formula is C19H26FN3O2. The molecule has 0 aromatic heterocycles. The van der Waals surface area contributed by atoms with E-state index >= 15 is 0 Å². The highest BCUT2D eigenvalue weighted by Crippen LogP contribution is 2.20. The van der Waals surface area contributed by atoms with Gasteiger partial charge in [0.2, 0.25) is 11.8 Å². The highest BCUT2D eigenvalue weighted by atomic mass is 19.1. The van der Waals surface area contributed by atoms with Gasteiger partial charge in [-0.05, 0) is 55.8 Å². The van der Waals surface area contributed by atoms with Crippen molar-refractivity contribution in [2.24, 2.45) is 5.92 Å². The molecule has 3 rings (SSSR count). The summed E-state index contributed by atoms with van der Waals surface area (Å²) in [5.74, 6) is 0.206. The second kappa shape index (κ2) is 8.43. The lowest BCUT2D eigenvalue weighted by Gasteiger charge is -2.18. The van der Waals surface area contributed by atoms with Gasteiger partial charge in [0.15, 0.2) is 0 Å². The first kappa shape index (κ1) is 17.9. The topological polar surface area (TPSA) is 52.7 Å². The van der Waals surface area contributed by atoms with E-state index in [2.05, 4.69) is 10.2 Å². The first-order valence-electron chi connectivity index (χ1n) is 9.11. The summed E-state index contributed by atoms with van der Waals surface area (Å²) < 4.78 is 13.0. The molecule has 1 unspecified atom stereocenters. The van der Waals surface area contributed by atoms with Crippen molar-refractivity contribution in [3.8, 4) is 0 Å². The lowest BCUT2D eigenvalue weighted by Crippen LogP contribution is -2.42. The number of carbonyl (C=O) groups is 2. The summed E-state index contributed by atoms with van der Waals surface area (Å²) in [4.78, 5) is 27.9. The number of hydrogen-bond donors (Lipinski definition) is 1. The summed E-state index contributed by atoms with van der Waals surface area (Å²) in [6, 6.07) is 6.64. The van der Waals surface area contributed by atoms with Crippen LogP contribution in [0.4, 0.5) is 4.39 Å². The lowest BCUT2D eigenvalue weighted by atomic mass is 9.99. The Kier molecular flexibility index (Phi) is 6.02. The van der Waals surface area contributed by atoms with Crippen molar-refractivity contribution in [3.63, 3.8) is 0 Å². The van der Waals surface area contributed by atoms with Crippen molar-refractivity contribution < 1.29 is 14.0 Å². The molecule has 1 aromatic rings. The molecule has 2 saturated heterocycles. The molecule has 6 heteroatoms. The van der Waals surface area contributed by atoms with E-state index in [4.69, 9.17) is 0 Å². The van der Waals surface area contributed by atoms with Crippen LogP contribution in [0.25, 0.3) is 0 Å². The average Bonchev–Trinajstić information content (AvgIpc) is 3.27. The Balaban J connectivity index is 1.36. The van der Waals surface area contributed by atoms with Gasteiger partial charge in [0.25, 0.3) is 0 Å². The SMILES string of the molecule is O=C(CN1CCC(Cc2ccc(F)cc2)C1)NCC(=O)N1CCCC1.